The Bertz CT molecular complexity index is 690. The van der Waals surface area contributed by atoms with Crippen molar-refractivity contribution in [1.82, 2.24) is 10.3 Å². The van der Waals surface area contributed by atoms with Crippen molar-refractivity contribution in [3.8, 4) is 11.8 Å². The van der Waals surface area contributed by atoms with Gasteiger partial charge in [0.15, 0.2) is 0 Å². The lowest BCUT2D eigenvalue weighted by atomic mass is 10.1. The fourth-order valence-electron chi connectivity index (χ4n) is 1.70. The van der Waals surface area contributed by atoms with E-state index in [9.17, 15) is 9.18 Å². The summed E-state index contributed by atoms with van der Waals surface area (Å²) in [6.07, 6.45) is 3.01. The molecule has 0 aliphatic carbocycles. The topological polar surface area (TPSA) is 62.2 Å². The number of rotatable bonds is 3. The maximum atomic E-state index is 13.7. The number of nitrogens with one attached hydrogen (secondary N) is 1. The van der Waals surface area contributed by atoms with Crippen LogP contribution in [0.2, 0.25) is 0 Å². The van der Waals surface area contributed by atoms with E-state index in [4.69, 9.17) is 5.11 Å². The SMILES string of the molecule is O=C(NCc1cc(C#CCO)ccc1F)c1cccnc1. The van der Waals surface area contributed by atoms with Gasteiger partial charge in [-0.25, -0.2) is 4.39 Å². The molecule has 0 saturated heterocycles. The van der Waals surface area contributed by atoms with E-state index in [2.05, 4.69) is 22.1 Å². The fourth-order valence-corrected chi connectivity index (χ4v) is 1.70. The Kier molecular flexibility index (Phi) is 5.02. The van der Waals surface area contributed by atoms with Gasteiger partial charge in [-0.15, -0.1) is 0 Å². The summed E-state index contributed by atoms with van der Waals surface area (Å²) in [6, 6.07) is 7.63. The van der Waals surface area contributed by atoms with E-state index >= 15 is 0 Å². The Balaban J connectivity index is 2.07. The lowest BCUT2D eigenvalue weighted by molar-refractivity contribution is 0.0950. The van der Waals surface area contributed by atoms with Crippen molar-refractivity contribution in [3.05, 3.63) is 65.2 Å². The van der Waals surface area contributed by atoms with E-state index < -0.39 is 5.82 Å². The Hall–Kier alpha value is -2.71. The second-order valence-electron chi connectivity index (χ2n) is 4.19. The minimum atomic E-state index is -0.420. The number of carbonyl (C=O) groups excluding carboxylic acids is 1. The van der Waals surface area contributed by atoms with Crippen LogP contribution in [0.4, 0.5) is 4.39 Å². The van der Waals surface area contributed by atoms with E-state index in [-0.39, 0.29) is 19.1 Å². The molecule has 1 aromatic carbocycles. The van der Waals surface area contributed by atoms with Gasteiger partial charge >= 0.3 is 0 Å². The second-order valence-corrected chi connectivity index (χ2v) is 4.19. The molecule has 106 valence electrons. The van der Waals surface area contributed by atoms with Crippen LogP contribution in [0.25, 0.3) is 0 Å². The highest BCUT2D eigenvalue weighted by Gasteiger charge is 2.07. The van der Waals surface area contributed by atoms with Crippen LogP contribution in [0.15, 0.2) is 42.7 Å². The Morgan fingerprint density at radius 2 is 2.24 bits per heavy atom. The van der Waals surface area contributed by atoms with Gasteiger partial charge in [0.25, 0.3) is 5.91 Å². The number of halogens is 1. The molecule has 21 heavy (non-hydrogen) atoms. The van der Waals surface area contributed by atoms with Gasteiger partial charge in [0.05, 0.1) is 5.56 Å². The average Bonchev–Trinajstić information content (AvgIpc) is 2.53. The Morgan fingerprint density at radius 3 is 2.95 bits per heavy atom. The van der Waals surface area contributed by atoms with E-state index in [0.29, 0.717) is 16.7 Å². The van der Waals surface area contributed by atoms with Crippen molar-refractivity contribution in [3.63, 3.8) is 0 Å². The molecule has 5 heteroatoms. The lowest BCUT2D eigenvalue weighted by Crippen LogP contribution is -2.23. The monoisotopic (exact) mass is 284 g/mol. The largest absolute Gasteiger partial charge is 0.384 e. The van der Waals surface area contributed by atoms with Gasteiger partial charge in [-0.1, -0.05) is 11.8 Å². The van der Waals surface area contributed by atoms with Gasteiger partial charge in [0.2, 0.25) is 0 Å². The minimum absolute atomic E-state index is 0.0498. The molecule has 0 radical (unpaired) electrons. The summed E-state index contributed by atoms with van der Waals surface area (Å²) in [5, 5.41) is 11.3. The Labute approximate surface area is 121 Å². The third-order valence-corrected chi connectivity index (χ3v) is 2.72. The van der Waals surface area contributed by atoms with Crippen LogP contribution in [-0.4, -0.2) is 22.6 Å². The van der Waals surface area contributed by atoms with Crippen molar-refractivity contribution < 1.29 is 14.3 Å². The molecular formula is C16H13FN2O2. The van der Waals surface area contributed by atoms with Crippen LogP contribution in [0.1, 0.15) is 21.5 Å². The lowest BCUT2D eigenvalue weighted by Gasteiger charge is -2.06. The average molecular weight is 284 g/mol. The van der Waals surface area contributed by atoms with E-state index in [1.807, 2.05) is 0 Å². The minimum Gasteiger partial charge on any atom is -0.384 e. The van der Waals surface area contributed by atoms with Crippen LogP contribution in [0.3, 0.4) is 0 Å². The van der Waals surface area contributed by atoms with E-state index in [0.717, 1.165) is 0 Å². The number of amides is 1. The van der Waals surface area contributed by atoms with Crippen LogP contribution in [0.5, 0.6) is 0 Å². The molecule has 2 aromatic rings. The van der Waals surface area contributed by atoms with Crippen molar-refractivity contribution in [1.29, 1.82) is 0 Å². The summed E-state index contributed by atoms with van der Waals surface area (Å²) < 4.78 is 13.7. The molecule has 2 N–H and O–H groups in total. The third-order valence-electron chi connectivity index (χ3n) is 2.72. The van der Waals surface area contributed by atoms with Gasteiger partial charge in [-0.3, -0.25) is 9.78 Å². The first-order chi connectivity index (χ1) is 10.2. The molecule has 0 saturated carbocycles. The van der Waals surface area contributed by atoms with Crippen molar-refractivity contribution in [2.45, 2.75) is 6.54 Å². The quantitative estimate of drug-likeness (QED) is 0.840. The zero-order valence-corrected chi connectivity index (χ0v) is 11.1. The molecule has 1 aromatic heterocycles. The smallest absolute Gasteiger partial charge is 0.253 e. The number of aliphatic hydroxyl groups excluding tert-OH is 1. The maximum Gasteiger partial charge on any atom is 0.253 e. The summed E-state index contributed by atoms with van der Waals surface area (Å²) in [5.74, 6) is 4.44. The molecule has 0 aliphatic heterocycles. The third kappa shape index (κ3) is 4.13. The highest BCUT2D eigenvalue weighted by Crippen LogP contribution is 2.10. The molecular weight excluding hydrogens is 271 g/mol. The number of aromatic nitrogens is 1. The first-order valence-electron chi connectivity index (χ1n) is 6.27. The zero-order chi connectivity index (χ0) is 15.1. The molecule has 0 aliphatic rings. The first-order valence-corrected chi connectivity index (χ1v) is 6.27. The molecule has 0 bridgehead atoms. The van der Waals surface area contributed by atoms with Gasteiger partial charge in [-0.2, -0.15) is 0 Å². The first kappa shape index (κ1) is 14.7. The molecule has 0 unspecified atom stereocenters. The van der Waals surface area contributed by atoms with Gasteiger partial charge in [0, 0.05) is 30.1 Å². The van der Waals surface area contributed by atoms with Crippen LogP contribution >= 0.6 is 0 Å². The van der Waals surface area contributed by atoms with Crippen LogP contribution < -0.4 is 5.32 Å². The van der Waals surface area contributed by atoms with Crippen molar-refractivity contribution in [2.75, 3.05) is 6.61 Å². The number of hydrogen-bond acceptors (Lipinski definition) is 3. The van der Waals surface area contributed by atoms with E-state index in [1.165, 1.54) is 18.3 Å². The van der Waals surface area contributed by atoms with Crippen molar-refractivity contribution >= 4 is 5.91 Å². The second kappa shape index (κ2) is 7.17. The summed E-state index contributed by atoms with van der Waals surface area (Å²) in [7, 11) is 0. The van der Waals surface area contributed by atoms with Gasteiger partial charge in [-0.05, 0) is 30.3 Å². The Morgan fingerprint density at radius 1 is 1.38 bits per heavy atom. The summed E-state index contributed by atoms with van der Waals surface area (Å²) in [4.78, 5) is 15.7. The summed E-state index contributed by atoms with van der Waals surface area (Å²) in [6.45, 7) is -0.210. The molecule has 2 rings (SSSR count). The molecule has 4 nitrogen and oxygen atoms in total. The van der Waals surface area contributed by atoms with Crippen LogP contribution in [-0.2, 0) is 6.54 Å². The van der Waals surface area contributed by atoms with Gasteiger partial charge in [0.1, 0.15) is 12.4 Å². The molecule has 0 atom stereocenters. The normalized spacial score (nSPS) is 9.62. The number of aliphatic hydroxyl groups is 1. The summed E-state index contributed by atoms with van der Waals surface area (Å²) >= 11 is 0. The van der Waals surface area contributed by atoms with E-state index in [1.54, 1.807) is 24.4 Å². The number of hydrogen-bond donors (Lipinski definition) is 2. The fraction of sp³-hybridized carbons (Fsp3) is 0.125. The number of carbonyl (C=O) groups is 1. The standard InChI is InChI=1S/C16H13FN2O2/c17-15-6-5-12(3-2-8-20)9-14(15)11-19-16(21)13-4-1-7-18-10-13/h1,4-7,9-10,20H,8,11H2,(H,19,21). The van der Waals surface area contributed by atoms with Crippen molar-refractivity contribution in [2.24, 2.45) is 0 Å². The highest BCUT2D eigenvalue weighted by atomic mass is 19.1. The predicted molar refractivity (Wildman–Crippen MR) is 75.8 cm³/mol. The summed E-state index contributed by atoms with van der Waals surface area (Å²) in [5.41, 5.74) is 1.32. The molecule has 1 heterocycles. The number of pyridine rings is 1. The number of nitrogens with zero attached hydrogens (tertiary/aromatic N) is 1. The number of benzene rings is 1. The highest BCUT2D eigenvalue weighted by molar-refractivity contribution is 5.93. The maximum absolute atomic E-state index is 13.7. The zero-order valence-electron chi connectivity index (χ0n) is 11.1. The van der Waals surface area contributed by atoms with Crippen LogP contribution in [0, 0.1) is 17.7 Å². The molecule has 0 spiro atoms. The predicted octanol–water partition coefficient (Wildman–Crippen LogP) is 1.49. The molecule has 0 fully saturated rings. The van der Waals surface area contributed by atoms with Gasteiger partial charge < -0.3 is 10.4 Å². The molecule has 1 amide bonds.